The molecular formula is C19H20F3NO6S. The lowest BCUT2D eigenvalue weighted by atomic mass is 10.2. The van der Waals surface area contributed by atoms with E-state index in [0.717, 1.165) is 18.2 Å². The summed E-state index contributed by atoms with van der Waals surface area (Å²) in [5.74, 6) is 0.544. The largest absolute Gasteiger partial charge is 0.497 e. The Labute approximate surface area is 171 Å². The van der Waals surface area contributed by atoms with Crippen LogP contribution < -0.4 is 14.2 Å². The average Bonchev–Trinajstić information content (AvgIpc) is 2.71. The van der Waals surface area contributed by atoms with Crippen molar-refractivity contribution in [3.8, 4) is 11.5 Å². The van der Waals surface area contributed by atoms with E-state index in [2.05, 4.69) is 4.72 Å². The van der Waals surface area contributed by atoms with Crippen molar-refractivity contribution in [1.29, 1.82) is 0 Å². The van der Waals surface area contributed by atoms with Gasteiger partial charge in [-0.05, 0) is 42.5 Å². The number of carbonyl (C=O) groups excluding carboxylic acids is 1. The molecule has 0 saturated heterocycles. The van der Waals surface area contributed by atoms with Gasteiger partial charge in [-0.25, -0.2) is 13.1 Å². The number of benzene rings is 2. The van der Waals surface area contributed by atoms with E-state index >= 15 is 0 Å². The van der Waals surface area contributed by atoms with Crippen molar-refractivity contribution in [2.45, 2.75) is 17.5 Å². The number of halogens is 3. The molecule has 0 fully saturated rings. The Bertz CT molecular complexity index is 945. The van der Waals surface area contributed by atoms with Gasteiger partial charge in [0.05, 0.1) is 24.0 Å². The lowest BCUT2D eigenvalue weighted by Gasteiger charge is -2.10. The molecule has 0 amide bonds. The van der Waals surface area contributed by atoms with Gasteiger partial charge in [0, 0.05) is 6.54 Å². The van der Waals surface area contributed by atoms with E-state index in [9.17, 15) is 26.4 Å². The van der Waals surface area contributed by atoms with E-state index in [0.29, 0.717) is 17.6 Å². The molecule has 0 spiro atoms. The average molecular weight is 447 g/mol. The van der Waals surface area contributed by atoms with E-state index in [1.807, 2.05) is 0 Å². The Morgan fingerprint density at radius 1 is 1.03 bits per heavy atom. The van der Waals surface area contributed by atoms with Crippen molar-refractivity contribution < 1.29 is 40.6 Å². The molecule has 1 N–H and O–H groups in total. The zero-order valence-electron chi connectivity index (χ0n) is 15.9. The molecule has 0 atom stereocenters. The number of sulfonamides is 1. The molecule has 0 aliphatic heterocycles. The second-order valence-electron chi connectivity index (χ2n) is 5.92. The van der Waals surface area contributed by atoms with Gasteiger partial charge in [-0.1, -0.05) is 6.07 Å². The normalized spacial score (nSPS) is 11.7. The first-order valence-electron chi connectivity index (χ1n) is 8.71. The van der Waals surface area contributed by atoms with Crippen LogP contribution in [0, 0.1) is 0 Å². The van der Waals surface area contributed by atoms with Crippen molar-refractivity contribution in [3.63, 3.8) is 0 Å². The molecule has 2 rings (SSSR count). The molecule has 2 aromatic carbocycles. The van der Waals surface area contributed by atoms with E-state index in [1.54, 1.807) is 24.3 Å². The number of nitrogens with one attached hydrogen (secondary N) is 1. The number of methoxy groups -OCH3 is 1. The summed E-state index contributed by atoms with van der Waals surface area (Å²) >= 11 is 0. The number of rotatable bonds is 10. The second-order valence-corrected chi connectivity index (χ2v) is 7.68. The van der Waals surface area contributed by atoms with Crippen LogP contribution in [-0.2, 0) is 25.7 Å². The van der Waals surface area contributed by atoms with Crippen LogP contribution in [-0.4, -0.2) is 41.3 Å². The van der Waals surface area contributed by atoms with E-state index in [-0.39, 0.29) is 26.2 Å². The third-order valence-electron chi connectivity index (χ3n) is 3.77. The number of ether oxygens (including phenoxy) is 3. The summed E-state index contributed by atoms with van der Waals surface area (Å²) in [6, 6.07) is 10.1. The highest BCUT2D eigenvalue weighted by Crippen LogP contribution is 2.30. The van der Waals surface area contributed by atoms with E-state index in [1.165, 1.54) is 7.11 Å². The first kappa shape index (κ1) is 23.5. The van der Waals surface area contributed by atoms with Crippen LogP contribution in [0.1, 0.15) is 12.0 Å². The van der Waals surface area contributed by atoms with Crippen LogP contribution >= 0.6 is 0 Å². The molecule has 164 valence electrons. The number of hydrogen-bond donors (Lipinski definition) is 1. The maximum absolute atomic E-state index is 12.7. The first-order valence-corrected chi connectivity index (χ1v) is 10.2. The highest BCUT2D eigenvalue weighted by atomic mass is 32.2. The van der Waals surface area contributed by atoms with Crippen LogP contribution in [0.3, 0.4) is 0 Å². The topological polar surface area (TPSA) is 90.9 Å². The minimum atomic E-state index is -4.66. The first-order chi connectivity index (χ1) is 14.1. The summed E-state index contributed by atoms with van der Waals surface area (Å²) < 4.78 is 79.7. The second kappa shape index (κ2) is 10.3. The van der Waals surface area contributed by atoms with Gasteiger partial charge >= 0.3 is 12.1 Å². The minimum absolute atomic E-state index is 0.0504. The third-order valence-corrected chi connectivity index (χ3v) is 5.23. The molecule has 0 aliphatic rings. The van der Waals surface area contributed by atoms with Gasteiger partial charge in [0.2, 0.25) is 10.0 Å². The lowest BCUT2D eigenvalue weighted by Crippen LogP contribution is -2.27. The fourth-order valence-corrected chi connectivity index (χ4v) is 3.35. The van der Waals surface area contributed by atoms with Crippen LogP contribution in [0.4, 0.5) is 13.2 Å². The van der Waals surface area contributed by atoms with Crippen molar-refractivity contribution in [3.05, 3.63) is 54.1 Å². The molecule has 0 aromatic heterocycles. The summed E-state index contributed by atoms with van der Waals surface area (Å²) in [7, 11) is -2.66. The smallest absolute Gasteiger partial charge is 0.416 e. The Morgan fingerprint density at radius 3 is 2.33 bits per heavy atom. The van der Waals surface area contributed by atoms with Crippen molar-refractivity contribution >= 4 is 16.0 Å². The van der Waals surface area contributed by atoms with E-state index < -0.39 is 32.6 Å². The SMILES string of the molecule is COc1ccc(OCCOC(=O)CCNS(=O)(=O)c2cccc(C(F)(F)F)c2)cc1. The van der Waals surface area contributed by atoms with Crippen LogP contribution in [0.5, 0.6) is 11.5 Å². The summed E-state index contributed by atoms with van der Waals surface area (Å²) in [5, 5.41) is 0. The Kier molecular flexibility index (Phi) is 8.07. The number of alkyl halides is 3. The van der Waals surface area contributed by atoms with Gasteiger partial charge < -0.3 is 14.2 Å². The van der Waals surface area contributed by atoms with Crippen LogP contribution in [0.2, 0.25) is 0 Å². The Balaban J connectivity index is 1.73. The molecule has 0 unspecified atom stereocenters. The number of esters is 1. The lowest BCUT2D eigenvalue weighted by molar-refractivity contribution is -0.144. The maximum Gasteiger partial charge on any atom is 0.416 e. The zero-order chi connectivity index (χ0) is 22.2. The molecular weight excluding hydrogens is 427 g/mol. The molecule has 0 saturated carbocycles. The molecule has 0 radical (unpaired) electrons. The molecule has 2 aromatic rings. The van der Waals surface area contributed by atoms with Crippen LogP contribution in [0.15, 0.2) is 53.4 Å². The van der Waals surface area contributed by atoms with Crippen LogP contribution in [0.25, 0.3) is 0 Å². The van der Waals surface area contributed by atoms with Gasteiger partial charge in [0.1, 0.15) is 24.7 Å². The highest BCUT2D eigenvalue weighted by Gasteiger charge is 2.31. The fraction of sp³-hybridized carbons (Fsp3) is 0.316. The Hall–Kier alpha value is -2.79. The zero-order valence-corrected chi connectivity index (χ0v) is 16.8. The predicted octanol–water partition coefficient (Wildman–Crippen LogP) is 3.00. The monoisotopic (exact) mass is 447 g/mol. The van der Waals surface area contributed by atoms with Gasteiger partial charge in [-0.3, -0.25) is 4.79 Å². The fourth-order valence-electron chi connectivity index (χ4n) is 2.27. The summed E-state index contributed by atoms with van der Waals surface area (Å²) in [6.07, 6.45) is -4.95. The standard InChI is InChI=1S/C19H20F3NO6S/c1-27-15-5-7-16(8-6-15)28-11-12-29-18(24)9-10-23-30(25,26)17-4-2-3-14(13-17)19(20,21)22/h2-8,13,23H,9-12H2,1H3. The van der Waals surface area contributed by atoms with Gasteiger partial charge in [0.15, 0.2) is 0 Å². The molecule has 11 heteroatoms. The molecule has 30 heavy (non-hydrogen) atoms. The highest BCUT2D eigenvalue weighted by molar-refractivity contribution is 7.89. The number of carbonyl (C=O) groups is 1. The molecule has 0 aliphatic carbocycles. The van der Waals surface area contributed by atoms with Gasteiger partial charge in [-0.2, -0.15) is 13.2 Å². The van der Waals surface area contributed by atoms with E-state index in [4.69, 9.17) is 14.2 Å². The summed E-state index contributed by atoms with van der Waals surface area (Å²) in [6.45, 7) is -0.282. The van der Waals surface area contributed by atoms with Gasteiger partial charge in [0.25, 0.3) is 0 Å². The third kappa shape index (κ3) is 7.23. The maximum atomic E-state index is 12.7. The molecule has 0 bridgehead atoms. The molecule has 7 nitrogen and oxygen atoms in total. The van der Waals surface area contributed by atoms with Gasteiger partial charge in [-0.15, -0.1) is 0 Å². The Morgan fingerprint density at radius 2 is 1.70 bits per heavy atom. The van der Waals surface area contributed by atoms with Crippen molar-refractivity contribution in [2.75, 3.05) is 26.9 Å². The molecule has 0 heterocycles. The quantitative estimate of drug-likeness (QED) is 0.445. The predicted molar refractivity (Wildman–Crippen MR) is 101 cm³/mol. The van der Waals surface area contributed by atoms with Crippen molar-refractivity contribution in [1.82, 2.24) is 4.72 Å². The number of hydrogen-bond acceptors (Lipinski definition) is 6. The van der Waals surface area contributed by atoms with Crippen molar-refractivity contribution in [2.24, 2.45) is 0 Å². The summed E-state index contributed by atoms with van der Waals surface area (Å²) in [5.41, 5.74) is -1.08. The summed E-state index contributed by atoms with van der Waals surface area (Å²) in [4.78, 5) is 11.1. The minimum Gasteiger partial charge on any atom is -0.497 e.